The molecule has 1 saturated heterocycles. The Morgan fingerprint density at radius 1 is 1.50 bits per heavy atom. The van der Waals surface area contributed by atoms with Crippen molar-refractivity contribution in [2.45, 2.75) is 25.8 Å². The van der Waals surface area contributed by atoms with Crippen molar-refractivity contribution in [3.63, 3.8) is 0 Å². The Labute approximate surface area is 103 Å². The fraction of sp³-hybridized carbons (Fsp3) is 0.538. The lowest BCUT2D eigenvalue weighted by atomic mass is 10.1. The van der Waals surface area contributed by atoms with Gasteiger partial charge in [0.15, 0.2) is 0 Å². The molecule has 0 bridgehead atoms. The lowest BCUT2D eigenvalue weighted by Crippen LogP contribution is -2.31. The summed E-state index contributed by atoms with van der Waals surface area (Å²) in [4.78, 5) is 2.42. The zero-order valence-electron chi connectivity index (χ0n) is 9.96. The highest BCUT2D eigenvalue weighted by Crippen LogP contribution is 2.21. The fourth-order valence-electron chi connectivity index (χ4n) is 2.25. The highest BCUT2D eigenvalue weighted by Gasteiger charge is 2.20. The van der Waals surface area contributed by atoms with Crippen LogP contribution in [0.15, 0.2) is 18.2 Å². The van der Waals surface area contributed by atoms with Crippen molar-refractivity contribution in [3.05, 3.63) is 28.8 Å². The number of anilines is 1. The van der Waals surface area contributed by atoms with Gasteiger partial charge in [-0.15, -0.1) is 0 Å². The normalized spacial score (nSPS) is 21.3. The molecule has 0 amide bonds. The van der Waals surface area contributed by atoms with Gasteiger partial charge in [-0.05, 0) is 51.1 Å². The molecule has 3 heteroatoms. The van der Waals surface area contributed by atoms with Crippen LogP contribution in [0.3, 0.4) is 0 Å². The number of rotatable bonds is 3. The van der Waals surface area contributed by atoms with E-state index in [1.54, 1.807) is 0 Å². The van der Waals surface area contributed by atoms with Crippen molar-refractivity contribution >= 4 is 17.3 Å². The third-order valence-corrected chi connectivity index (χ3v) is 3.63. The first-order chi connectivity index (χ1) is 7.66. The summed E-state index contributed by atoms with van der Waals surface area (Å²) >= 11 is 5.99. The van der Waals surface area contributed by atoms with Crippen molar-refractivity contribution in [2.75, 3.05) is 25.5 Å². The molecule has 2 nitrogen and oxygen atoms in total. The lowest BCUT2D eigenvalue weighted by Gasteiger charge is -2.21. The summed E-state index contributed by atoms with van der Waals surface area (Å²) in [6.07, 6.45) is 2.61. The van der Waals surface area contributed by atoms with Gasteiger partial charge >= 0.3 is 0 Å². The standard InChI is InChI=1S/C13H19ClN2/c1-10-5-6-11(14)8-13(10)15-9-12-4-3-7-16(12)2/h5-6,8,12,15H,3-4,7,9H2,1-2H3. The molecule has 2 rings (SSSR count). The molecule has 0 spiro atoms. The second-order valence-electron chi connectivity index (χ2n) is 4.62. The van der Waals surface area contributed by atoms with Crippen molar-refractivity contribution < 1.29 is 0 Å². The van der Waals surface area contributed by atoms with Crippen LogP contribution in [-0.4, -0.2) is 31.1 Å². The molecule has 1 unspecified atom stereocenters. The molecule has 1 aliphatic rings. The van der Waals surface area contributed by atoms with Crippen LogP contribution < -0.4 is 5.32 Å². The minimum atomic E-state index is 0.665. The number of nitrogens with zero attached hydrogens (tertiary/aromatic N) is 1. The van der Waals surface area contributed by atoms with Gasteiger partial charge in [0, 0.05) is 23.3 Å². The zero-order chi connectivity index (χ0) is 11.5. The first-order valence-corrected chi connectivity index (χ1v) is 6.25. The van der Waals surface area contributed by atoms with E-state index in [-0.39, 0.29) is 0 Å². The highest BCUT2D eigenvalue weighted by atomic mass is 35.5. The molecule has 1 aliphatic heterocycles. The van der Waals surface area contributed by atoms with Crippen LogP contribution in [0.25, 0.3) is 0 Å². The third kappa shape index (κ3) is 2.69. The number of likely N-dealkylation sites (N-methyl/N-ethyl adjacent to an activating group) is 1. The van der Waals surface area contributed by atoms with Gasteiger partial charge in [-0.2, -0.15) is 0 Å². The summed E-state index contributed by atoms with van der Waals surface area (Å²) in [5.74, 6) is 0. The average molecular weight is 239 g/mol. The topological polar surface area (TPSA) is 15.3 Å². The maximum Gasteiger partial charge on any atom is 0.0426 e. The number of halogens is 1. The van der Waals surface area contributed by atoms with Crippen LogP contribution in [0.4, 0.5) is 5.69 Å². The fourth-order valence-corrected chi connectivity index (χ4v) is 2.42. The molecule has 1 aromatic carbocycles. The molecule has 88 valence electrons. The summed E-state index contributed by atoms with van der Waals surface area (Å²) in [7, 11) is 2.20. The number of hydrogen-bond acceptors (Lipinski definition) is 2. The summed E-state index contributed by atoms with van der Waals surface area (Å²) in [6, 6.07) is 6.66. The monoisotopic (exact) mass is 238 g/mol. The summed E-state index contributed by atoms with van der Waals surface area (Å²) in [6.45, 7) is 4.34. The van der Waals surface area contributed by atoms with Crippen molar-refractivity contribution in [3.8, 4) is 0 Å². The molecule has 1 N–H and O–H groups in total. The summed E-state index contributed by atoms with van der Waals surface area (Å²) < 4.78 is 0. The first-order valence-electron chi connectivity index (χ1n) is 5.87. The quantitative estimate of drug-likeness (QED) is 0.870. The third-order valence-electron chi connectivity index (χ3n) is 3.40. The van der Waals surface area contributed by atoms with E-state index < -0.39 is 0 Å². The van der Waals surface area contributed by atoms with E-state index in [1.807, 2.05) is 12.1 Å². The Bertz CT molecular complexity index is 365. The van der Waals surface area contributed by atoms with Gasteiger partial charge in [0.1, 0.15) is 0 Å². The number of nitrogens with one attached hydrogen (secondary N) is 1. The Kier molecular flexibility index (Phi) is 3.72. The number of benzene rings is 1. The molecule has 0 aliphatic carbocycles. The van der Waals surface area contributed by atoms with Crippen LogP contribution in [0, 0.1) is 6.92 Å². The Morgan fingerprint density at radius 3 is 3.00 bits per heavy atom. The predicted octanol–water partition coefficient (Wildman–Crippen LogP) is 3.15. The van der Waals surface area contributed by atoms with Crippen molar-refractivity contribution in [2.24, 2.45) is 0 Å². The SMILES string of the molecule is Cc1ccc(Cl)cc1NCC1CCCN1C. The molecule has 16 heavy (non-hydrogen) atoms. The minimum Gasteiger partial charge on any atom is -0.383 e. The largest absolute Gasteiger partial charge is 0.383 e. The van der Waals surface area contributed by atoms with Crippen LogP contribution >= 0.6 is 11.6 Å². The summed E-state index contributed by atoms with van der Waals surface area (Å²) in [5, 5.41) is 4.30. The maximum absolute atomic E-state index is 5.99. The van der Waals surface area contributed by atoms with E-state index >= 15 is 0 Å². The van der Waals surface area contributed by atoms with Crippen LogP contribution in [-0.2, 0) is 0 Å². The molecule has 1 aromatic rings. The first kappa shape index (κ1) is 11.7. The Balaban J connectivity index is 1.96. The van der Waals surface area contributed by atoms with Gasteiger partial charge in [0.25, 0.3) is 0 Å². The summed E-state index contributed by atoms with van der Waals surface area (Å²) in [5.41, 5.74) is 2.41. The van der Waals surface area contributed by atoms with E-state index in [4.69, 9.17) is 11.6 Å². The Morgan fingerprint density at radius 2 is 2.31 bits per heavy atom. The van der Waals surface area contributed by atoms with Gasteiger partial charge in [0.2, 0.25) is 0 Å². The number of hydrogen-bond donors (Lipinski definition) is 1. The molecular weight excluding hydrogens is 220 g/mol. The second kappa shape index (κ2) is 5.07. The van der Waals surface area contributed by atoms with E-state index in [0.29, 0.717) is 6.04 Å². The minimum absolute atomic E-state index is 0.665. The lowest BCUT2D eigenvalue weighted by molar-refractivity contribution is 0.322. The van der Waals surface area contributed by atoms with Gasteiger partial charge < -0.3 is 10.2 Å². The smallest absolute Gasteiger partial charge is 0.0426 e. The molecule has 0 saturated carbocycles. The van der Waals surface area contributed by atoms with E-state index in [1.165, 1.54) is 24.9 Å². The Hall–Kier alpha value is -0.730. The van der Waals surface area contributed by atoms with E-state index in [0.717, 1.165) is 17.3 Å². The molecule has 0 aromatic heterocycles. The van der Waals surface area contributed by atoms with Gasteiger partial charge in [0.05, 0.1) is 0 Å². The molecular formula is C13H19ClN2. The highest BCUT2D eigenvalue weighted by molar-refractivity contribution is 6.30. The molecule has 0 radical (unpaired) electrons. The molecule has 1 atom stereocenters. The molecule has 1 fully saturated rings. The van der Waals surface area contributed by atoms with Gasteiger partial charge in [-0.3, -0.25) is 0 Å². The van der Waals surface area contributed by atoms with E-state index in [2.05, 4.69) is 30.3 Å². The van der Waals surface area contributed by atoms with Crippen LogP contribution in [0.1, 0.15) is 18.4 Å². The number of aryl methyl sites for hydroxylation is 1. The van der Waals surface area contributed by atoms with Gasteiger partial charge in [-0.25, -0.2) is 0 Å². The van der Waals surface area contributed by atoms with Gasteiger partial charge in [-0.1, -0.05) is 17.7 Å². The number of likely N-dealkylation sites (tertiary alicyclic amines) is 1. The van der Waals surface area contributed by atoms with Crippen LogP contribution in [0.2, 0.25) is 5.02 Å². The predicted molar refractivity (Wildman–Crippen MR) is 70.3 cm³/mol. The average Bonchev–Trinajstić information content (AvgIpc) is 2.66. The zero-order valence-corrected chi connectivity index (χ0v) is 10.7. The molecule has 1 heterocycles. The van der Waals surface area contributed by atoms with Crippen molar-refractivity contribution in [1.29, 1.82) is 0 Å². The van der Waals surface area contributed by atoms with Crippen molar-refractivity contribution in [1.82, 2.24) is 4.90 Å². The second-order valence-corrected chi connectivity index (χ2v) is 5.05. The van der Waals surface area contributed by atoms with E-state index in [9.17, 15) is 0 Å². The van der Waals surface area contributed by atoms with Crippen LogP contribution in [0.5, 0.6) is 0 Å². The maximum atomic E-state index is 5.99.